The molecule has 0 aliphatic heterocycles. The van der Waals surface area contributed by atoms with Crippen molar-refractivity contribution >= 4 is 16.6 Å². The fraction of sp³-hybridized carbons (Fsp3) is 0.125. The summed E-state index contributed by atoms with van der Waals surface area (Å²) in [5, 5.41) is 3.19. The van der Waals surface area contributed by atoms with Crippen LogP contribution in [0.2, 0.25) is 0 Å². The molecule has 0 radical (unpaired) electrons. The lowest BCUT2D eigenvalue weighted by molar-refractivity contribution is -0.154. The molecule has 74 valence electrons. The normalized spacial score (nSPS) is 12.2. The number of aromatic nitrogens is 1. The standard InChI is InChI=1S/C8H5F3N2O/c9-8(10,11)7-5-2-1-4(12)3-6(5)13-14-7/h1-3H,12H2. The summed E-state index contributed by atoms with van der Waals surface area (Å²) in [5.74, 6) is -1.09. The van der Waals surface area contributed by atoms with Crippen molar-refractivity contribution in [2.24, 2.45) is 0 Å². The number of anilines is 1. The molecule has 1 aromatic carbocycles. The van der Waals surface area contributed by atoms with Crippen LogP contribution in [0.1, 0.15) is 5.76 Å². The van der Waals surface area contributed by atoms with E-state index in [0.29, 0.717) is 5.69 Å². The van der Waals surface area contributed by atoms with Crippen LogP contribution in [-0.2, 0) is 6.18 Å². The van der Waals surface area contributed by atoms with E-state index in [1.54, 1.807) is 0 Å². The van der Waals surface area contributed by atoms with Crippen LogP contribution < -0.4 is 5.73 Å². The van der Waals surface area contributed by atoms with Crippen molar-refractivity contribution < 1.29 is 17.7 Å². The Balaban J connectivity index is 2.70. The molecule has 0 unspecified atom stereocenters. The summed E-state index contributed by atoms with van der Waals surface area (Å²) in [5.41, 5.74) is 5.83. The van der Waals surface area contributed by atoms with Gasteiger partial charge in [-0.2, -0.15) is 13.2 Å². The predicted octanol–water partition coefficient (Wildman–Crippen LogP) is 2.43. The van der Waals surface area contributed by atoms with Gasteiger partial charge in [-0.05, 0) is 18.2 Å². The van der Waals surface area contributed by atoms with Gasteiger partial charge in [0.25, 0.3) is 0 Å². The molecule has 2 aromatic rings. The lowest BCUT2D eigenvalue weighted by Crippen LogP contribution is -2.03. The zero-order valence-electron chi connectivity index (χ0n) is 6.80. The van der Waals surface area contributed by atoms with Crippen molar-refractivity contribution in [2.75, 3.05) is 5.73 Å². The van der Waals surface area contributed by atoms with Crippen LogP contribution in [0.15, 0.2) is 22.7 Å². The van der Waals surface area contributed by atoms with Crippen molar-refractivity contribution in [3.63, 3.8) is 0 Å². The van der Waals surface area contributed by atoms with Crippen LogP contribution in [0.25, 0.3) is 10.9 Å². The van der Waals surface area contributed by atoms with Crippen LogP contribution in [0, 0.1) is 0 Å². The second-order valence-corrected chi connectivity index (χ2v) is 2.79. The third kappa shape index (κ3) is 1.28. The molecule has 0 bridgehead atoms. The molecule has 2 N–H and O–H groups in total. The third-order valence-corrected chi connectivity index (χ3v) is 1.76. The lowest BCUT2D eigenvalue weighted by atomic mass is 10.2. The Labute approximate surface area is 76.3 Å². The minimum atomic E-state index is -4.52. The van der Waals surface area contributed by atoms with Gasteiger partial charge in [-0.3, -0.25) is 0 Å². The van der Waals surface area contributed by atoms with Crippen LogP contribution in [-0.4, -0.2) is 5.16 Å². The molecular weight excluding hydrogens is 197 g/mol. The van der Waals surface area contributed by atoms with Gasteiger partial charge in [0.05, 0.1) is 5.39 Å². The molecule has 14 heavy (non-hydrogen) atoms. The van der Waals surface area contributed by atoms with E-state index in [1.165, 1.54) is 18.2 Å². The van der Waals surface area contributed by atoms with Crippen molar-refractivity contribution in [2.45, 2.75) is 6.18 Å². The number of benzene rings is 1. The van der Waals surface area contributed by atoms with E-state index in [-0.39, 0.29) is 10.9 Å². The molecule has 0 aliphatic rings. The Hall–Kier alpha value is -1.72. The van der Waals surface area contributed by atoms with E-state index in [1.807, 2.05) is 0 Å². The Bertz CT molecular complexity index is 475. The number of nitrogens with zero attached hydrogens (tertiary/aromatic N) is 1. The molecule has 0 saturated heterocycles. The van der Waals surface area contributed by atoms with Gasteiger partial charge in [0.1, 0.15) is 5.52 Å². The Morgan fingerprint density at radius 2 is 2.00 bits per heavy atom. The first-order valence-electron chi connectivity index (χ1n) is 3.70. The van der Waals surface area contributed by atoms with Gasteiger partial charge in [-0.25, -0.2) is 0 Å². The summed E-state index contributed by atoms with van der Waals surface area (Å²) in [7, 11) is 0. The van der Waals surface area contributed by atoms with Gasteiger partial charge >= 0.3 is 6.18 Å². The molecular formula is C8H5F3N2O. The quantitative estimate of drug-likeness (QED) is 0.667. The van der Waals surface area contributed by atoms with Gasteiger partial charge in [0, 0.05) is 5.69 Å². The molecule has 0 amide bonds. The van der Waals surface area contributed by atoms with Gasteiger partial charge in [-0.1, -0.05) is 5.16 Å². The van der Waals surface area contributed by atoms with E-state index >= 15 is 0 Å². The first-order chi connectivity index (χ1) is 6.48. The first-order valence-corrected chi connectivity index (χ1v) is 3.70. The largest absolute Gasteiger partial charge is 0.453 e. The third-order valence-electron chi connectivity index (χ3n) is 1.76. The number of fused-ring (bicyclic) bond motifs is 1. The Kier molecular flexibility index (Phi) is 1.67. The highest BCUT2D eigenvalue weighted by Gasteiger charge is 2.37. The van der Waals surface area contributed by atoms with Gasteiger partial charge in [0.15, 0.2) is 0 Å². The maximum Gasteiger partial charge on any atom is 0.453 e. The second kappa shape index (κ2) is 2.63. The summed E-state index contributed by atoms with van der Waals surface area (Å²) in [6.45, 7) is 0. The average molecular weight is 202 g/mol. The number of halogens is 3. The van der Waals surface area contributed by atoms with Crippen molar-refractivity contribution in [3.8, 4) is 0 Å². The average Bonchev–Trinajstić information content (AvgIpc) is 2.45. The molecule has 1 aromatic heterocycles. The fourth-order valence-corrected chi connectivity index (χ4v) is 1.16. The summed E-state index contributed by atoms with van der Waals surface area (Å²) >= 11 is 0. The van der Waals surface area contributed by atoms with E-state index < -0.39 is 11.9 Å². The summed E-state index contributed by atoms with van der Waals surface area (Å²) in [6, 6.07) is 3.94. The van der Waals surface area contributed by atoms with Gasteiger partial charge in [0.2, 0.25) is 5.76 Å². The number of nitrogen functional groups attached to an aromatic ring is 1. The van der Waals surface area contributed by atoms with Crippen molar-refractivity contribution in [3.05, 3.63) is 24.0 Å². The molecule has 0 fully saturated rings. The highest BCUT2D eigenvalue weighted by atomic mass is 19.4. The molecule has 0 atom stereocenters. The molecule has 3 nitrogen and oxygen atoms in total. The van der Waals surface area contributed by atoms with Crippen LogP contribution in [0.4, 0.5) is 18.9 Å². The molecule has 6 heteroatoms. The zero-order valence-corrected chi connectivity index (χ0v) is 6.80. The number of hydrogen-bond acceptors (Lipinski definition) is 3. The molecule has 0 spiro atoms. The minimum absolute atomic E-state index is 0.0771. The second-order valence-electron chi connectivity index (χ2n) is 2.79. The maximum absolute atomic E-state index is 12.3. The lowest BCUT2D eigenvalue weighted by Gasteiger charge is -2.00. The number of rotatable bonds is 0. The van der Waals surface area contributed by atoms with E-state index in [9.17, 15) is 13.2 Å². The van der Waals surface area contributed by atoms with Crippen LogP contribution in [0.3, 0.4) is 0 Å². The molecule has 1 heterocycles. The number of hydrogen-bond donors (Lipinski definition) is 1. The monoisotopic (exact) mass is 202 g/mol. The molecule has 0 aliphatic carbocycles. The van der Waals surface area contributed by atoms with Crippen LogP contribution >= 0.6 is 0 Å². The van der Waals surface area contributed by atoms with Crippen LogP contribution in [0.5, 0.6) is 0 Å². The van der Waals surface area contributed by atoms with Crippen molar-refractivity contribution in [1.82, 2.24) is 5.16 Å². The highest BCUT2D eigenvalue weighted by molar-refractivity contribution is 5.83. The van der Waals surface area contributed by atoms with E-state index in [0.717, 1.165) is 0 Å². The Morgan fingerprint density at radius 3 is 2.64 bits per heavy atom. The smallest absolute Gasteiger partial charge is 0.399 e. The Morgan fingerprint density at radius 1 is 1.29 bits per heavy atom. The maximum atomic E-state index is 12.3. The van der Waals surface area contributed by atoms with Gasteiger partial charge in [-0.15, -0.1) is 0 Å². The van der Waals surface area contributed by atoms with E-state index in [2.05, 4.69) is 9.68 Å². The van der Waals surface area contributed by atoms with Gasteiger partial charge < -0.3 is 10.3 Å². The highest BCUT2D eigenvalue weighted by Crippen LogP contribution is 2.35. The van der Waals surface area contributed by atoms with E-state index in [4.69, 9.17) is 5.73 Å². The first kappa shape index (κ1) is 8.86. The summed E-state index contributed by atoms with van der Waals surface area (Å²) < 4.78 is 41.1. The summed E-state index contributed by atoms with van der Waals surface area (Å²) in [6.07, 6.45) is -4.52. The number of nitrogens with two attached hydrogens (primary N) is 1. The molecule has 2 rings (SSSR count). The van der Waals surface area contributed by atoms with Crippen molar-refractivity contribution in [1.29, 1.82) is 0 Å². The topological polar surface area (TPSA) is 52.0 Å². The minimum Gasteiger partial charge on any atom is -0.399 e. The zero-order chi connectivity index (χ0) is 10.3. The predicted molar refractivity (Wildman–Crippen MR) is 43.4 cm³/mol. The number of alkyl halides is 3. The molecule has 0 saturated carbocycles. The fourth-order valence-electron chi connectivity index (χ4n) is 1.16. The summed E-state index contributed by atoms with van der Waals surface area (Å²) in [4.78, 5) is 0. The SMILES string of the molecule is Nc1ccc2c(C(F)(F)F)onc2c1.